The minimum Gasteiger partial charge on any atom is -0.458 e. The van der Waals surface area contributed by atoms with E-state index in [-0.39, 0.29) is 44.6 Å². The lowest BCUT2D eigenvalue weighted by atomic mass is 9.78. The molecule has 4 aromatic heterocycles. The number of nitrogens with zero attached hydrogens (tertiary/aromatic N) is 5. The maximum absolute atomic E-state index is 8.99. The summed E-state index contributed by atoms with van der Waals surface area (Å²) in [6.07, 6.45) is 7.77. The van der Waals surface area contributed by atoms with Gasteiger partial charge in [-0.15, -0.1) is 0 Å². The van der Waals surface area contributed by atoms with E-state index < -0.39 is 60.4 Å². The van der Waals surface area contributed by atoms with E-state index in [1.807, 2.05) is 57.8 Å². The number of hydrogen-bond acceptors (Lipinski definition) is 3. The summed E-state index contributed by atoms with van der Waals surface area (Å²) >= 11 is 0. The third kappa shape index (κ3) is 12.9. The molecule has 0 atom stereocenters. The van der Waals surface area contributed by atoms with Crippen LogP contribution in [0.1, 0.15) is 157 Å². The molecular formula is C88H89N5O. The maximum Gasteiger partial charge on any atom is 0.245 e. The fourth-order valence-corrected chi connectivity index (χ4v) is 12.6. The highest BCUT2D eigenvalue weighted by atomic mass is 16.5. The second-order valence-electron chi connectivity index (χ2n) is 30.3. The van der Waals surface area contributed by atoms with Crippen LogP contribution in [-0.4, -0.2) is 19.1 Å². The van der Waals surface area contributed by atoms with E-state index in [0.717, 1.165) is 66.5 Å². The van der Waals surface area contributed by atoms with Gasteiger partial charge in [0.05, 0.1) is 42.3 Å². The molecule has 13 aromatic rings. The van der Waals surface area contributed by atoms with Gasteiger partial charge in [-0.2, -0.15) is 0 Å². The van der Waals surface area contributed by atoms with E-state index in [1.54, 1.807) is 24.4 Å². The van der Waals surface area contributed by atoms with Gasteiger partial charge in [0.1, 0.15) is 23.1 Å². The number of benzene rings is 9. The van der Waals surface area contributed by atoms with Gasteiger partial charge in [-0.25, -0.2) is 4.98 Å². The topological polar surface area (TPSA) is 48.8 Å². The predicted octanol–water partition coefficient (Wildman–Crippen LogP) is 22.9. The molecule has 94 heavy (non-hydrogen) atoms. The molecule has 0 amide bonds. The zero-order chi connectivity index (χ0) is 74.8. The molecule has 0 saturated heterocycles. The molecule has 0 aliphatic heterocycles. The largest absolute Gasteiger partial charge is 0.458 e. The normalized spacial score (nSPS) is 14.0. The van der Waals surface area contributed by atoms with E-state index in [4.69, 9.17) is 28.4 Å². The van der Waals surface area contributed by atoms with Crippen molar-refractivity contribution in [1.82, 2.24) is 19.1 Å². The minimum atomic E-state index is -0.539. The Morgan fingerprint density at radius 1 is 0.404 bits per heavy atom. The number of rotatable bonds is 13. The van der Waals surface area contributed by atoms with Gasteiger partial charge in [-0.1, -0.05) is 249 Å². The summed E-state index contributed by atoms with van der Waals surface area (Å²) < 4.78 is 99.9. The van der Waals surface area contributed by atoms with E-state index in [1.165, 1.54) is 33.4 Å². The minimum absolute atomic E-state index is 0.0446. The van der Waals surface area contributed by atoms with Gasteiger partial charge < -0.3 is 13.9 Å². The van der Waals surface area contributed by atoms with Crippen LogP contribution in [0.5, 0.6) is 11.5 Å². The summed E-state index contributed by atoms with van der Waals surface area (Å²) in [5, 5.41) is 2.10. The molecule has 9 aromatic carbocycles. The Kier molecular flexibility index (Phi) is 13.4. The van der Waals surface area contributed by atoms with Crippen LogP contribution in [-0.2, 0) is 40.0 Å². The van der Waals surface area contributed by atoms with Gasteiger partial charge in [-0.05, 0) is 190 Å². The molecule has 4 heterocycles. The first-order valence-electron chi connectivity index (χ1n) is 37.7. The fourth-order valence-electron chi connectivity index (χ4n) is 12.6. The van der Waals surface area contributed by atoms with Crippen molar-refractivity contribution in [1.29, 1.82) is 0 Å². The molecule has 6 heteroatoms. The second kappa shape index (κ2) is 24.4. The summed E-state index contributed by atoms with van der Waals surface area (Å²) in [6.45, 7) is 34.6. The quantitative estimate of drug-likeness (QED) is 0.0854. The highest BCUT2D eigenvalue weighted by molar-refractivity contribution is 6.11. The molecule has 0 fully saturated rings. The monoisotopic (exact) mass is 1240 g/mol. The molecular weight excluding hydrogens is 1140 g/mol. The molecule has 472 valence electrons. The van der Waals surface area contributed by atoms with E-state index in [0.29, 0.717) is 47.0 Å². The van der Waals surface area contributed by atoms with Gasteiger partial charge in [-0.3, -0.25) is 9.55 Å². The highest BCUT2D eigenvalue weighted by Gasteiger charge is 2.26. The van der Waals surface area contributed by atoms with Gasteiger partial charge in [0.25, 0.3) is 0 Å². The van der Waals surface area contributed by atoms with Crippen LogP contribution in [0, 0.1) is 6.33 Å². The molecule has 0 spiro atoms. The Morgan fingerprint density at radius 2 is 0.915 bits per heavy atom. The summed E-state index contributed by atoms with van der Waals surface area (Å²) in [5.74, 6) is 2.47. The second-order valence-corrected chi connectivity index (χ2v) is 30.3. The Hall–Kier alpha value is -9.65. The van der Waals surface area contributed by atoms with Crippen molar-refractivity contribution in [2.24, 2.45) is 0 Å². The van der Waals surface area contributed by atoms with Crippen molar-refractivity contribution in [2.45, 2.75) is 150 Å². The van der Waals surface area contributed by atoms with Crippen molar-refractivity contribution in [3.05, 3.63) is 270 Å². The molecule has 0 aliphatic carbocycles. The SMILES string of the molecule is [2H]c1c([2H])c([2H])c(-c2cccc(-c3c([2H])c([2H])c([2H])c([2H])c3[2H])c2CCC[n+]2[c-]n(-c3cc(Oc4ccc5c6cc(-c7cc(-c8cc(C(C)(C)C)cc(C(C)(C)C)c8)cc(-c8cc(C(C)(C)C)cc(C(C)(C)C)c8)c7)ccc6n(-c6cc(C(C)(C)C)ccn6)c5c4)ccn3)c3ccccc32)c([2H])c1[2H]. The number of fused-ring (bicyclic) bond motifs is 4. The number of hydrogen-bond donors (Lipinski definition) is 0. The average molecular weight is 1240 g/mol. The predicted molar refractivity (Wildman–Crippen MR) is 394 cm³/mol. The van der Waals surface area contributed by atoms with Crippen molar-refractivity contribution in [2.75, 3.05) is 0 Å². The van der Waals surface area contributed by atoms with Gasteiger partial charge >= 0.3 is 0 Å². The van der Waals surface area contributed by atoms with Gasteiger partial charge in [0.15, 0.2) is 0 Å². The van der Waals surface area contributed by atoms with Gasteiger partial charge in [0, 0.05) is 35.3 Å². The molecule has 0 aliphatic rings. The van der Waals surface area contributed by atoms with E-state index in [9.17, 15) is 0 Å². The number of para-hydroxylation sites is 2. The standard InChI is InChI=1S/C88H89N5O/c1-84(2,3)66-39-41-90-83(54-66)93-78-38-35-60(61-44-62(64-47-67(85(4,5)6)52-68(48-64)86(7,8)9)46-63(45-61)65-49-69(87(10,11)12)53-70(50-65)88(13,14)15)51-77(78)76-37-36-71(55-81(76)93)94-72-40-42-89-82(56-72)92-57-91(79-33-22-23-34-80(79)92)43-25-32-75-73(58-26-18-16-19-27-58)30-24-31-74(75)59-28-20-17-21-29-59/h16-24,26-31,33-42,44-56H,25,32,43H2,1-15H3/i16D,17D,18D,19D,20D,21D,26D,27D,28D,29D. The molecule has 13 rings (SSSR count). The number of aryl methyl sites for hydroxylation is 1. The maximum atomic E-state index is 8.99. The molecule has 0 bridgehead atoms. The zero-order valence-electron chi connectivity index (χ0n) is 66.9. The summed E-state index contributed by atoms with van der Waals surface area (Å²) in [6, 6.07) is 50.7. The Balaban J connectivity index is 0.892. The van der Waals surface area contributed by atoms with Crippen molar-refractivity contribution in [3.8, 4) is 78.8 Å². The first kappa shape index (κ1) is 51.8. The zero-order valence-corrected chi connectivity index (χ0v) is 56.9. The number of imidazole rings is 1. The van der Waals surface area contributed by atoms with Crippen LogP contribution in [0.3, 0.4) is 0 Å². The van der Waals surface area contributed by atoms with Crippen LogP contribution in [0.15, 0.2) is 231 Å². The summed E-state index contributed by atoms with van der Waals surface area (Å²) in [4.78, 5) is 9.95. The number of aromatic nitrogens is 5. The van der Waals surface area contributed by atoms with Crippen LogP contribution < -0.4 is 9.30 Å². The number of ether oxygens (including phenoxy) is 1. The van der Waals surface area contributed by atoms with Crippen molar-refractivity contribution >= 4 is 32.8 Å². The van der Waals surface area contributed by atoms with Crippen molar-refractivity contribution in [3.63, 3.8) is 0 Å². The average Bonchev–Trinajstić information content (AvgIpc) is 1.38. The smallest absolute Gasteiger partial charge is 0.245 e. The third-order valence-corrected chi connectivity index (χ3v) is 18.2. The molecule has 0 saturated carbocycles. The summed E-state index contributed by atoms with van der Waals surface area (Å²) in [5.41, 5.74) is 17.3. The lowest BCUT2D eigenvalue weighted by Crippen LogP contribution is -2.33. The van der Waals surface area contributed by atoms with Crippen LogP contribution in [0.4, 0.5) is 0 Å². The highest BCUT2D eigenvalue weighted by Crippen LogP contribution is 2.44. The lowest BCUT2D eigenvalue weighted by molar-refractivity contribution is -0.676. The van der Waals surface area contributed by atoms with Crippen LogP contribution >= 0.6 is 0 Å². The number of pyridine rings is 2. The molecule has 6 nitrogen and oxygen atoms in total. The van der Waals surface area contributed by atoms with Crippen LogP contribution in [0.2, 0.25) is 0 Å². The van der Waals surface area contributed by atoms with Crippen molar-refractivity contribution < 1.29 is 23.0 Å². The Bertz CT molecular complexity index is 5310. The molecule has 0 radical (unpaired) electrons. The third-order valence-electron chi connectivity index (χ3n) is 18.2. The fraction of sp³-hybridized carbons (Fsp3) is 0.261. The Labute approximate surface area is 571 Å². The Morgan fingerprint density at radius 3 is 1.48 bits per heavy atom. The molecule has 0 unspecified atom stereocenters. The first-order valence-corrected chi connectivity index (χ1v) is 32.7. The van der Waals surface area contributed by atoms with Crippen LogP contribution in [0.25, 0.3) is 100 Å². The van der Waals surface area contributed by atoms with Gasteiger partial charge in [0.2, 0.25) is 6.33 Å². The lowest BCUT2D eigenvalue weighted by Gasteiger charge is -2.27. The van der Waals surface area contributed by atoms with E-state index >= 15 is 0 Å². The van der Waals surface area contributed by atoms with E-state index in [2.05, 4.69) is 212 Å². The first-order chi connectivity index (χ1) is 48.8. The summed E-state index contributed by atoms with van der Waals surface area (Å²) in [7, 11) is 0. The molecule has 0 N–H and O–H groups in total.